The summed E-state index contributed by atoms with van der Waals surface area (Å²) in [7, 11) is 0. The molecule has 0 aliphatic heterocycles. The van der Waals surface area contributed by atoms with E-state index in [0.717, 1.165) is 0 Å². The molecule has 15 rings (SSSR count). The molecule has 0 atom stereocenters. The molecule has 0 amide bonds. The first kappa shape index (κ1) is 15.8. The van der Waals surface area contributed by atoms with E-state index in [1.54, 1.807) is 0 Å². The molecule has 4 heteroatoms. The second kappa shape index (κ2) is 15.1. The molecule has 0 fully saturated rings. The lowest BCUT2D eigenvalue weighted by Crippen LogP contribution is -2.05. The van der Waals surface area contributed by atoms with E-state index in [0.29, 0.717) is 18.3 Å². The number of para-hydroxylation sites is 10. The molecule has 11 aromatic carbocycles. The Morgan fingerprint density at radius 1 is 0.214 bits per heavy atom. The van der Waals surface area contributed by atoms with Gasteiger partial charge in [-0.05, 0) is 72.5 Å². The standard InChI is InChI=1S/C66H42N4/c1-10-31-56-44(20-1)45-21-2-11-32-57(45)67(56)43-40-41-65-55(42-43)52-28-9-16-37-62(52)69(65)61-36-15-8-27-51(61)54-30-19-29-53(66(54)70-63-38-17-5-24-48(63)49-25-6-18-39-64(49)70)50-26-7-14-35-60(50)68-58-33-12-3-22-46(58)47-23-4-13-34-59(47)68/h1-42H/i1D,2D,3D,4D,5D,6D,7D,8D,9D,10D,11D,12D,13D,14D,15D,16D,17D,18D,19D,20D,21D,22D,23D,24D,25D,26D,27D,28D,29D,30D,31D,32D,33D,34D,35D,36D,37D,38D,39D,40D,41D,42D. The van der Waals surface area contributed by atoms with Crippen molar-refractivity contribution in [1.82, 2.24) is 18.3 Å². The van der Waals surface area contributed by atoms with Gasteiger partial charge in [0.05, 0.1) is 119 Å². The normalized spacial score (nSPS) is 20.4. The fraction of sp³-hybridized carbons (Fsp3) is 0. The van der Waals surface area contributed by atoms with Gasteiger partial charge in [-0.15, -0.1) is 0 Å². The lowest BCUT2D eigenvalue weighted by atomic mass is 9.93. The average Bonchev–Trinajstić information content (AvgIpc) is 1.52. The monoisotopic (exact) mass is 933 g/mol. The lowest BCUT2D eigenvalue weighted by molar-refractivity contribution is 1.15. The number of rotatable bonds is 6. The smallest absolute Gasteiger partial charge is 0.0652 e. The van der Waals surface area contributed by atoms with E-state index >= 15 is 0 Å². The topological polar surface area (TPSA) is 19.7 Å². The van der Waals surface area contributed by atoms with Crippen molar-refractivity contribution in [2.75, 3.05) is 0 Å². The predicted molar refractivity (Wildman–Crippen MR) is 295 cm³/mol. The van der Waals surface area contributed by atoms with Crippen LogP contribution in [0.15, 0.2) is 254 Å². The first-order valence-corrected chi connectivity index (χ1v) is 20.7. The highest BCUT2D eigenvalue weighted by Gasteiger charge is 2.25. The summed E-state index contributed by atoms with van der Waals surface area (Å²) in [4.78, 5) is 0. The minimum absolute atomic E-state index is 0.492. The molecule has 4 aromatic heterocycles. The summed E-state index contributed by atoms with van der Waals surface area (Å²) in [5.41, 5.74) is -17.3. The second-order valence-corrected chi connectivity index (χ2v) is 15.3. The summed E-state index contributed by atoms with van der Waals surface area (Å²) in [5.74, 6) is 0. The van der Waals surface area contributed by atoms with Crippen molar-refractivity contribution in [1.29, 1.82) is 0 Å². The average molecular weight is 933 g/mol. The van der Waals surface area contributed by atoms with E-state index < -0.39 is 386 Å². The van der Waals surface area contributed by atoms with Crippen LogP contribution in [0.3, 0.4) is 0 Å². The Bertz CT molecular complexity index is 6910. The zero-order chi connectivity index (χ0) is 82.4. The van der Waals surface area contributed by atoms with E-state index in [1.807, 2.05) is 0 Å². The van der Waals surface area contributed by atoms with Crippen LogP contribution >= 0.6 is 0 Å². The minimum Gasteiger partial charge on any atom is -0.309 e. The highest BCUT2D eigenvalue weighted by atomic mass is 15.0. The summed E-state index contributed by atoms with van der Waals surface area (Å²) in [5, 5.41) is -6.16. The number of aromatic nitrogens is 4. The highest BCUT2D eigenvalue weighted by Crippen LogP contribution is 2.46. The van der Waals surface area contributed by atoms with Crippen molar-refractivity contribution in [3.05, 3.63) is 254 Å². The summed E-state index contributed by atoms with van der Waals surface area (Å²) in [6.45, 7) is 0. The first-order valence-electron chi connectivity index (χ1n) is 41.7. The third kappa shape index (κ3) is 5.47. The van der Waals surface area contributed by atoms with Crippen molar-refractivity contribution >= 4 is 87.2 Å². The molecule has 0 radical (unpaired) electrons. The van der Waals surface area contributed by atoms with Gasteiger partial charge in [-0.2, -0.15) is 0 Å². The van der Waals surface area contributed by atoms with Crippen LogP contribution < -0.4 is 0 Å². The van der Waals surface area contributed by atoms with Gasteiger partial charge in [0.15, 0.2) is 0 Å². The Morgan fingerprint density at radius 3 is 0.900 bits per heavy atom. The van der Waals surface area contributed by atoms with Crippen molar-refractivity contribution in [2.45, 2.75) is 0 Å². The van der Waals surface area contributed by atoms with E-state index in [1.165, 1.54) is 0 Å². The molecule has 70 heavy (non-hydrogen) atoms. The van der Waals surface area contributed by atoms with Crippen molar-refractivity contribution in [2.24, 2.45) is 0 Å². The largest absolute Gasteiger partial charge is 0.309 e. The van der Waals surface area contributed by atoms with Gasteiger partial charge in [0.25, 0.3) is 0 Å². The summed E-state index contributed by atoms with van der Waals surface area (Å²) >= 11 is 0. The van der Waals surface area contributed by atoms with Gasteiger partial charge in [0, 0.05) is 71.0 Å². The Balaban J connectivity index is 1.26. The Kier molecular flexibility index (Phi) is 3.41. The minimum atomic E-state index is -1.48. The molecule has 0 unspecified atom stereocenters. The van der Waals surface area contributed by atoms with E-state index in [4.69, 9.17) is 17.8 Å². The van der Waals surface area contributed by atoms with E-state index in [-0.39, 0.29) is 0 Å². The second-order valence-electron chi connectivity index (χ2n) is 15.3. The van der Waals surface area contributed by atoms with Gasteiger partial charge < -0.3 is 18.3 Å². The zero-order valence-corrected chi connectivity index (χ0v) is 34.8. The molecule has 4 heterocycles. The number of hydrogen-bond donors (Lipinski definition) is 0. The van der Waals surface area contributed by atoms with Crippen LogP contribution in [0, 0.1) is 0 Å². The quantitative estimate of drug-likeness (QED) is 0.158. The van der Waals surface area contributed by atoms with Crippen molar-refractivity contribution < 1.29 is 57.6 Å². The first-order chi connectivity index (χ1) is 52.2. The SMILES string of the molecule is [2H]c1c([2H])c([2H])c(-n2c3c([2H])c([2H])c([2H])c([2H])c3c3c([2H])c([2H])c([2H])c([2H])c32)c(-c2c([2H])c([2H])c([2H])c(-c3c([2H])c([2H])c([2H])c([2H])c3-n3c4c([2H])c([2H])c([2H])c([2H])c4c4c([2H])c(-n5c6c([2H])c([2H])c([2H])c([2H])c6c6c([2H])c([2H])c([2H])c([2H])c65)c([2H])c([2H])c43)c2-n2c3c([2H])c([2H])c([2H])c([2H])c3c3c([2H])c([2H])c([2H])c([2H])c32)c1[2H]. The van der Waals surface area contributed by atoms with Gasteiger partial charge in [-0.1, -0.05) is 181 Å². The molecular formula is C66H42N4. The van der Waals surface area contributed by atoms with Gasteiger partial charge >= 0.3 is 0 Å². The molecule has 0 saturated heterocycles. The molecule has 0 spiro atoms. The fourth-order valence-electron chi connectivity index (χ4n) is 9.07. The van der Waals surface area contributed by atoms with E-state index in [2.05, 4.69) is 0 Å². The predicted octanol–water partition coefficient (Wildman–Crippen LogP) is 17.4. The molecule has 0 aliphatic carbocycles. The molecule has 0 saturated carbocycles. The fourth-order valence-corrected chi connectivity index (χ4v) is 9.07. The highest BCUT2D eigenvalue weighted by molar-refractivity contribution is 6.15. The van der Waals surface area contributed by atoms with Gasteiger partial charge in [-0.25, -0.2) is 0 Å². The molecule has 4 nitrogen and oxygen atoms in total. The van der Waals surface area contributed by atoms with Crippen LogP contribution in [-0.4, -0.2) is 18.3 Å². The third-order valence-electron chi connectivity index (χ3n) is 11.8. The van der Waals surface area contributed by atoms with Crippen LogP contribution in [0.2, 0.25) is 0 Å². The summed E-state index contributed by atoms with van der Waals surface area (Å²) in [6, 6.07) is -48.9. The lowest BCUT2D eigenvalue weighted by Gasteiger charge is -2.23. The Morgan fingerprint density at radius 2 is 0.500 bits per heavy atom. The van der Waals surface area contributed by atoms with Crippen LogP contribution in [0.25, 0.3) is 132 Å². The molecule has 326 valence electrons. The molecule has 0 aliphatic rings. The molecular weight excluding hydrogens is 849 g/mol. The van der Waals surface area contributed by atoms with Crippen LogP contribution in [-0.2, 0) is 0 Å². The maximum atomic E-state index is 10.4. The van der Waals surface area contributed by atoms with Crippen LogP contribution in [0.5, 0.6) is 0 Å². The number of benzene rings is 11. The number of fused-ring (bicyclic) bond motifs is 12. The van der Waals surface area contributed by atoms with Crippen LogP contribution in [0.1, 0.15) is 57.6 Å². The molecule has 15 aromatic rings. The maximum absolute atomic E-state index is 10.4. The maximum Gasteiger partial charge on any atom is 0.0652 e. The van der Waals surface area contributed by atoms with Gasteiger partial charge in [0.2, 0.25) is 0 Å². The third-order valence-corrected chi connectivity index (χ3v) is 11.8. The number of nitrogens with zero attached hydrogens (tertiary/aromatic N) is 4. The summed E-state index contributed by atoms with van der Waals surface area (Å²) in [6.07, 6.45) is 0. The molecule has 0 N–H and O–H groups in total. The molecule has 0 bridgehead atoms. The summed E-state index contributed by atoms with van der Waals surface area (Å²) < 4.78 is 400. The van der Waals surface area contributed by atoms with Gasteiger partial charge in [0.1, 0.15) is 0 Å². The van der Waals surface area contributed by atoms with Gasteiger partial charge in [-0.3, -0.25) is 0 Å². The van der Waals surface area contributed by atoms with Crippen LogP contribution in [0.4, 0.5) is 0 Å². The Hall–Kier alpha value is -9.38. The number of hydrogen-bond acceptors (Lipinski definition) is 0. The zero-order valence-electron chi connectivity index (χ0n) is 76.8. The Labute approximate surface area is 462 Å². The van der Waals surface area contributed by atoms with Crippen molar-refractivity contribution in [3.8, 4) is 45.0 Å². The van der Waals surface area contributed by atoms with Crippen molar-refractivity contribution in [3.63, 3.8) is 0 Å². The van der Waals surface area contributed by atoms with E-state index in [9.17, 15) is 39.8 Å².